The van der Waals surface area contributed by atoms with Crippen molar-refractivity contribution in [2.24, 2.45) is 0 Å². The third kappa shape index (κ3) is 4.72. The van der Waals surface area contributed by atoms with Gasteiger partial charge in [-0.1, -0.05) is 49.7 Å². The Morgan fingerprint density at radius 3 is 1.54 bits per heavy atom. The third-order valence-corrected chi connectivity index (χ3v) is 9.80. The van der Waals surface area contributed by atoms with Crippen molar-refractivity contribution in [3.05, 3.63) is 90.5 Å². The highest BCUT2D eigenvalue weighted by Crippen LogP contribution is 2.55. The summed E-state index contributed by atoms with van der Waals surface area (Å²) < 4.78 is 0.951. The first kappa shape index (κ1) is 20.8. The molecule has 0 unspecified atom stereocenters. The van der Waals surface area contributed by atoms with Crippen molar-refractivity contribution < 1.29 is 4.48 Å². The van der Waals surface area contributed by atoms with E-state index in [0.29, 0.717) is 0 Å². The van der Waals surface area contributed by atoms with Crippen LogP contribution in [0, 0.1) is 0 Å². The molecule has 0 fully saturated rings. The number of nitrogens with zero attached hydrogens (tertiary/aromatic N) is 1. The van der Waals surface area contributed by atoms with E-state index in [1.165, 1.54) is 40.5 Å². The van der Waals surface area contributed by atoms with E-state index in [-0.39, 0.29) is 0 Å². The molecular formula is C26H34NP+2. The largest absolute Gasteiger partial charge is 0.327 e. The summed E-state index contributed by atoms with van der Waals surface area (Å²) in [4.78, 5) is 0. The van der Waals surface area contributed by atoms with Crippen molar-refractivity contribution >= 4 is 23.2 Å². The standard InChI is InChI=1S/C26H34NP/c1-5-6-21-28(24-13-9-7-10-14-24,25-15-11-8-12-16-25)26-19-17-23(18-20-26)22-27(2,3)4/h7-20H,5-6,21-22H2,1-4H3/q+2. The molecule has 0 aliphatic heterocycles. The molecule has 3 rings (SSSR count). The van der Waals surface area contributed by atoms with Crippen molar-refractivity contribution in [3.8, 4) is 0 Å². The molecule has 0 radical (unpaired) electrons. The van der Waals surface area contributed by atoms with Gasteiger partial charge in [-0.2, -0.15) is 0 Å². The van der Waals surface area contributed by atoms with Gasteiger partial charge in [0.15, 0.2) is 0 Å². The van der Waals surface area contributed by atoms with Crippen LogP contribution in [0.2, 0.25) is 0 Å². The average Bonchev–Trinajstić information content (AvgIpc) is 2.70. The summed E-state index contributed by atoms with van der Waals surface area (Å²) in [7, 11) is 5.11. The molecular weight excluding hydrogens is 357 g/mol. The fourth-order valence-electron chi connectivity index (χ4n) is 4.00. The third-order valence-electron chi connectivity index (χ3n) is 5.28. The summed E-state index contributed by atoms with van der Waals surface area (Å²) in [5.41, 5.74) is 1.41. The minimum absolute atomic E-state index is 0.951. The molecule has 0 aliphatic rings. The molecule has 0 atom stereocenters. The van der Waals surface area contributed by atoms with E-state index < -0.39 is 7.26 Å². The molecule has 1 nitrogen and oxygen atoms in total. The van der Waals surface area contributed by atoms with Gasteiger partial charge in [0.05, 0.1) is 27.3 Å². The molecule has 0 aromatic heterocycles. The predicted octanol–water partition coefficient (Wildman–Crippen LogP) is 4.99. The van der Waals surface area contributed by atoms with Crippen LogP contribution < -0.4 is 15.9 Å². The minimum Gasteiger partial charge on any atom is -0.327 e. The summed E-state index contributed by atoms with van der Waals surface area (Å²) in [5.74, 6) is 0. The lowest BCUT2D eigenvalue weighted by Crippen LogP contribution is -2.34. The molecule has 0 aliphatic carbocycles. The molecule has 0 saturated carbocycles. The van der Waals surface area contributed by atoms with Crippen LogP contribution in [0.5, 0.6) is 0 Å². The molecule has 3 aromatic carbocycles. The molecule has 28 heavy (non-hydrogen) atoms. The zero-order valence-electron chi connectivity index (χ0n) is 17.8. The zero-order chi connectivity index (χ0) is 20.0. The maximum atomic E-state index is 2.41. The SMILES string of the molecule is CCCC[P+](c1ccccc1)(c1ccccc1)c1ccc(C[N+](C)(C)C)cc1. The summed E-state index contributed by atoms with van der Waals surface area (Å²) in [5, 5.41) is 4.49. The monoisotopic (exact) mass is 391 g/mol. The van der Waals surface area contributed by atoms with Crippen LogP contribution in [0.25, 0.3) is 0 Å². The van der Waals surface area contributed by atoms with Gasteiger partial charge < -0.3 is 4.48 Å². The normalized spacial score (nSPS) is 12.1. The average molecular weight is 392 g/mol. The Balaban J connectivity index is 2.15. The molecule has 146 valence electrons. The van der Waals surface area contributed by atoms with Gasteiger partial charge in [-0.25, -0.2) is 0 Å². The quantitative estimate of drug-likeness (QED) is 0.375. The maximum absolute atomic E-state index is 2.41. The first-order chi connectivity index (χ1) is 13.5. The first-order valence-electron chi connectivity index (χ1n) is 10.3. The molecule has 0 saturated heterocycles. The molecule has 3 aromatic rings. The summed E-state index contributed by atoms with van der Waals surface area (Å²) in [6.45, 7) is 3.35. The minimum atomic E-state index is -1.65. The molecule has 0 amide bonds. The van der Waals surface area contributed by atoms with Crippen LogP contribution in [0.1, 0.15) is 25.3 Å². The zero-order valence-corrected chi connectivity index (χ0v) is 18.7. The Kier molecular flexibility index (Phi) is 6.70. The van der Waals surface area contributed by atoms with Crippen LogP contribution >= 0.6 is 7.26 Å². The topological polar surface area (TPSA) is 0 Å². The Labute approximate surface area is 172 Å². The molecule has 0 spiro atoms. The van der Waals surface area contributed by atoms with Crippen molar-refractivity contribution in [1.29, 1.82) is 0 Å². The van der Waals surface area contributed by atoms with Crippen molar-refractivity contribution in [2.75, 3.05) is 27.3 Å². The molecule has 2 heteroatoms. The second-order valence-corrected chi connectivity index (χ2v) is 12.3. The van der Waals surface area contributed by atoms with Crippen LogP contribution in [-0.4, -0.2) is 31.8 Å². The summed E-state index contributed by atoms with van der Waals surface area (Å²) in [6.07, 6.45) is 3.70. The van der Waals surface area contributed by atoms with E-state index in [2.05, 4.69) is 113 Å². The van der Waals surface area contributed by atoms with Crippen molar-refractivity contribution in [1.82, 2.24) is 0 Å². The number of hydrogen-bond donors (Lipinski definition) is 0. The van der Waals surface area contributed by atoms with Gasteiger partial charge in [-0.05, 0) is 55.0 Å². The van der Waals surface area contributed by atoms with Gasteiger partial charge in [-0.15, -0.1) is 0 Å². The van der Waals surface area contributed by atoms with Crippen LogP contribution in [-0.2, 0) is 6.54 Å². The van der Waals surface area contributed by atoms with Crippen LogP contribution in [0.15, 0.2) is 84.9 Å². The lowest BCUT2D eigenvalue weighted by molar-refractivity contribution is -0.884. The summed E-state index contributed by atoms with van der Waals surface area (Å²) in [6, 6.07) is 32.0. The predicted molar refractivity (Wildman–Crippen MR) is 127 cm³/mol. The van der Waals surface area contributed by atoms with Crippen molar-refractivity contribution in [3.63, 3.8) is 0 Å². The fraction of sp³-hybridized carbons (Fsp3) is 0.308. The Hall–Kier alpha value is -1.95. The second kappa shape index (κ2) is 9.03. The number of quaternary nitrogens is 1. The first-order valence-corrected chi connectivity index (χ1v) is 12.3. The number of benzene rings is 3. The Morgan fingerprint density at radius 1 is 0.643 bits per heavy atom. The van der Waals surface area contributed by atoms with Gasteiger partial charge in [0.25, 0.3) is 0 Å². The fourth-order valence-corrected chi connectivity index (χ4v) is 8.48. The second-order valence-electron chi connectivity index (χ2n) is 8.67. The van der Waals surface area contributed by atoms with E-state index in [9.17, 15) is 0 Å². The smallest absolute Gasteiger partial charge is 0.112 e. The number of unbranched alkanes of at least 4 members (excludes halogenated alkanes) is 1. The number of hydrogen-bond acceptors (Lipinski definition) is 0. The van der Waals surface area contributed by atoms with Gasteiger partial charge in [0.1, 0.15) is 29.7 Å². The van der Waals surface area contributed by atoms with Gasteiger partial charge in [-0.3, -0.25) is 0 Å². The molecule has 0 bridgehead atoms. The lowest BCUT2D eigenvalue weighted by atomic mass is 10.2. The van der Waals surface area contributed by atoms with E-state index in [1.807, 2.05) is 0 Å². The lowest BCUT2D eigenvalue weighted by Gasteiger charge is -2.28. The van der Waals surface area contributed by atoms with Gasteiger partial charge >= 0.3 is 0 Å². The highest BCUT2D eigenvalue weighted by molar-refractivity contribution is 7.95. The van der Waals surface area contributed by atoms with Crippen molar-refractivity contribution in [2.45, 2.75) is 26.3 Å². The maximum Gasteiger partial charge on any atom is 0.112 e. The molecule has 0 heterocycles. The van der Waals surface area contributed by atoms with Crippen LogP contribution in [0.4, 0.5) is 0 Å². The molecule has 0 N–H and O–H groups in total. The number of rotatable bonds is 8. The van der Waals surface area contributed by atoms with Gasteiger partial charge in [0, 0.05) is 5.56 Å². The highest BCUT2D eigenvalue weighted by atomic mass is 31.2. The Morgan fingerprint density at radius 2 is 1.11 bits per heavy atom. The van der Waals surface area contributed by atoms with Gasteiger partial charge in [0.2, 0.25) is 0 Å². The van der Waals surface area contributed by atoms with E-state index >= 15 is 0 Å². The van der Waals surface area contributed by atoms with E-state index in [1.54, 1.807) is 0 Å². The Bertz CT molecular complexity index is 809. The van der Waals surface area contributed by atoms with Crippen LogP contribution in [0.3, 0.4) is 0 Å². The van der Waals surface area contributed by atoms with E-state index in [0.717, 1.165) is 11.0 Å². The summed E-state index contributed by atoms with van der Waals surface area (Å²) >= 11 is 0. The van der Waals surface area contributed by atoms with E-state index in [4.69, 9.17) is 0 Å². The highest BCUT2D eigenvalue weighted by Gasteiger charge is 2.44.